The van der Waals surface area contributed by atoms with E-state index in [4.69, 9.17) is 4.74 Å². The molecule has 3 heteroatoms. The fourth-order valence-corrected chi connectivity index (χ4v) is 2.08. The second kappa shape index (κ2) is 4.98. The number of nitrogens with zero attached hydrogens (tertiary/aromatic N) is 1. The number of aromatic nitrogens is 1. The number of fused-ring (bicyclic) bond motifs is 1. The molecule has 0 aliphatic carbocycles. The number of benzene rings is 2. The number of hydrogen-bond donors (Lipinski definition) is 1. The number of ether oxygens (including phenoxy) is 1. The molecule has 1 N–H and O–H groups in total. The van der Waals surface area contributed by atoms with E-state index in [0.29, 0.717) is 0 Å². The molecule has 3 rings (SSSR count). The molecule has 1 heterocycles. The molecule has 0 aliphatic rings. The molecule has 2 aromatic carbocycles. The van der Waals surface area contributed by atoms with Gasteiger partial charge in [0, 0.05) is 28.9 Å². The van der Waals surface area contributed by atoms with Gasteiger partial charge in [-0.15, -0.1) is 0 Å². The number of nitrogens with one attached hydrogen (secondary N) is 1. The number of hydrogen-bond acceptors (Lipinski definition) is 2. The zero-order valence-electron chi connectivity index (χ0n) is 10.6. The van der Waals surface area contributed by atoms with Crippen molar-refractivity contribution in [3.05, 3.63) is 60.3 Å². The summed E-state index contributed by atoms with van der Waals surface area (Å²) in [6, 6.07) is 15.9. The van der Waals surface area contributed by atoms with E-state index in [9.17, 15) is 0 Å². The lowest BCUT2D eigenvalue weighted by atomic mass is 10.2. The Bertz CT molecular complexity index is 728. The third kappa shape index (κ3) is 2.22. The van der Waals surface area contributed by atoms with Crippen molar-refractivity contribution < 1.29 is 4.74 Å². The van der Waals surface area contributed by atoms with Crippen LogP contribution in [0.3, 0.4) is 0 Å². The third-order valence-corrected chi connectivity index (χ3v) is 3.05. The summed E-state index contributed by atoms with van der Waals surface area (Å²) >= 11 is 0. The molecule has 0 aliphatic heterocycles. The van der Waals surface area contributed by atoms with Crippen LogP contribution in [-0.2, 0) is 0 Å². The normalized spacial score (nSPS) is 11.2. The molecule has 0 saturated carbocycles. The van der Waals surface area contributed by atoms with E-state index in [-0.39, 0.29) is 0 Å². The first-order valence-electron chi connectivity index (χ1n) is 6.11. The maximum Gasteiger partial charge on any atom is 0.144 e. The molecule has 19 heavy (non-hydrogen) atoms. The molecule has 0 fully saturated rings. The highest BCUT2D eigenvalue weighted by Crippen LogP contribution is 2.26. The van der Waals surface area contributed by atoms with E-state index in [1.807, 2.05) is 48.8 Å². The largest absolute Gasteiger partial charge is 0.494 e. The zero-order valence-corrected chi connectivity index (χ0v) is 10.6. The average Bonchev–Trinajstić information content (AvgIpc) is 2.89. The Morgan fingerprint density at radius 2 is 1.84 bits per heavy atom. The van der Waals surface area contributed by atoms with E-state index < -0.39 is 0 Å². The summed E-state index contributed by atoms with van der Waals surface area (Å²) in [5.74, 6) is 0.776. The van der Waals surface area contributed by atoms with Gasteiger partial charge in [0.1, 0.15) is 11.4 Å². The van der Waals surface area contributed by atoms with Gasteiger partial charge in [-0.05, 0) is 18.2 Å². The minimum absolute atomic E-state index is 0.776. The first kappa shape index (κ1) is 11.5. The van der Waals surface area contributed by atoms with E-state index in [0.717, 1.165) is 22.5 Å². The fourth-order valence-electron chi connectivity index (χ4n) is 2.08. The lowest BCUT2D eigenvalue weighted by Gasteiger charge is -2.02. The molecule has 0 spiro atoms. The van der Waals surface area contributed by atoms with Crippen LogP contribution in [0.25, 0.3) is 10.9 Å². The van der Waals surface area contributed by atoms with Gasteiger partial charge in [-0.1, -0.05) is 30.3 Å². The predicted molar refractivity (Wildman–Crippen MR) is 78.5 cm³/mol. The van der Waals surface area contributed by atoms with Crippen LogP contribution in [0.15, 0.2) is 59.7 Å². The minimum atomic E-state index is 0.776. The molecular formula is C16H14N2O. The number of methoxy groups -OCH3 is 1. The fraction of sp³-hybridized carbons (Fsp3) is 0.0625. The topological polar surface area (TPSA) is 37.4 Å². The lowest BCUT2D eigenvalue weighted by Crippen LogP contribution is -1.83. The Morgan fingerprint density at radius 3 is 2.74 bits per heavy atom. The Balaban J connectivity index is 1.98. The highest BCUT2D eigenvalue weighted by molar-refractivity contribution is 5.99. The van der Waals surface area contributed by atoms with Gasteiger partial charge in [0.25, 0.3) is 0 Å². The smallest absolute Gasteiger partial charge is 0.144 e. The third-order valence-electron chi connectivity index (χ3n) is 3.05. The summed E-state index contributed by atoms with van der Waals surface area (Å²) in [5, 5.41) is 1.17. The number of aliphatic imine (C=N–C) groups is 1. The zero-order chi connectivity index (χ0) is 13.1. The number of H-pyrrole nitrogens is 1. The standard InChI is InChI=1S/C16H14N2O/c1-19-16-9-5-4-8-15(16)18-11-12-10-17-14-7-3-2-6-13(12)14/h2-11,17H,1H3. The quantitative estimate of drug-likeness (QED) is 0.703. The molecule has 0 radical (unpaired) electrons. The van der Waals surface area contributed by atoms with E-state index in [1.54, 1.807) is 7.11 Å². The Morgan fingerprint density at radius 1 is 1.05 bits per heavy atom. The second-order valence-electron chi connectivity index (χ2n) is 4.22. The van der Waals surface area contributed by atoms with Crippen LogP contribution in [0.4, 0.5) is 5.69 Å². The average molecular weight is 250 g/mol. The molecule has 1 aromatic heterocycles. The first-order valence-corrected chi connectivity index (χ1v) is 6.11. The summed E-state index contributed by atoms with van der Waals surface area (Å²) in [4.78, 5) is 7.73. The summed E-state index contributed by atoms with van der Waals surface area (Å²) < 4.78 is 5.28. The van der Waals surface area contributed by atoms with Gasteiger partial charge >= 0.3 is 0 Å². The SMILES string of the molecule is COc1ccccc1N=Cc1c[nH]c2ccccc12. The van der Waals surface area contributed by atoms with Gasteiger partial charge in [-0.2, -0.15) is 0 Å². The van der Waals surface area contributed by atoms with Crippen LogP contribution in [0.1, 0.15) is 5.56 Å². The van der Waals surface area contributed by atoms with Gasteiger partial charge in [-0.25, -0.2) is 0 Å². The molecule has 0 unspecified atom stereocenters. The molecule has 0 bridgehead atoms. The summed E-state index contributed by atoms with van der Waals surface area (Å²) in [5.41, 5.74) is 3.01. The van der Waals surface area contributed by atoms with Crippen molar-refractivity contribution in [3.8, 4) is 5.75 Å². The van der Waals surface area contributed by atoms with Gasteiger partial charge in [0.2, 0.25) is 0 Å². The van der Waals surface area contributed by atoms with Crippen molar-refractivity contribution in [1.82, 2.24) is 4.98 Å². The Kier molecular flexibility index (Phi) is 3.02. The van der Waals surface area contributed by atoms with Gasteiger partial charge in [0.05, 0.1) is 7.11 Å². The maximum atomic E-state index is 5.28. The monoisotopic (exact) mass is 250 g/mol. The van der Waals surface area contributed by atoms with Crippen LogP contribution in [0.5, 0.6) is 5.75 Å². The molecule has 3 nitrogen and oxygen atoms in total. The van der Waals surface area contributed by atoms with E-state index in [2.05, 4.69) is 22.1 Å². The second-order valence-corrected chi connectivity index (χ2v) is 4.22. The molecule has 0 atom stereocenters. The van der Waals surface area contributed by atoms with Crippen LogP contribution in [0.2, 0.25) is 0 Å². The summed E-state index contributed by atoms with van der Waals surface area (Å²) in [6.07, 6.45) is 3.82. The van der Waals surface area contributed by atoms with Crippen LogP contribution < -0.4 is 4.74 Å². The van der Waals surface area contributed by atoms with Crippen LogP contribution >= 0.6 is 0 Å². The highest BCUT2D eigenvalue weighted by atomic mass is 16.5. The first-order chi connectivity index (χ1) is 9.38. The van der Waals surface area contributed by atoms with Gasteiger partial charge < -0.3 is 9.72 Å². The Hall–Kier alpha value is -2.55. The van der Waals surface area contributed by atoms with E-state index in [1.165, 1.54) is 5.39 Å². The van der Waals surface area contributed by atoms with Gasteiger partial charge in [0.15, 0.2) is 0 Å². The summed E-state index contributed by atoms with van der Waals surface area (Å²) in [7, 11) is 1.65. The van der Waals surface area contributed by atoms with Crippen molar-refractivity contribution in [1.29, 1.82) is 0 Å². The number of rotatable bonds is 3. The molecule has 0 saturated heterocycles. The number of aromatic amines is 1. The van der Waals surface area contributed by atoms with Crippen molar-refractivity contribution in [2.24, 2.45) is 4.99 Å². The molecule has 94 valence electrons. The van der Waals surface area contributed by atoms with E-state index >= 15 is 0 Å². The summed E-state index contributed by atoms with van der Waals surface area (Å²) in [6.45, 7) is 0. The molecular weight excluding hydrogens is 236 g/mol. The predicted octanol–water partition coefficient (Wildman–Crippen LogP) is 3.93. The van der Waals surface area contributed by atoms with Crippen molar-refractivity contribution in [2.75, 3.05) is 7.11 Å². The Labute approximate surface area is 111 Å². The van der Waals surface area contributed by atoms with Crippen molar-refractivity contribution >= 4 is 22.8 Å². The molecule has 0 amide bonds. The number of para-hydroxylation sites is 3. The highest BCUT2D eigenvalue weighted by Gasteiger charge is 2.01. The maximum absolute atomic E-state index is 5.28. The minimum Gasteiger partial charge on any atom is -0.494 e. The van der Waals surface area contributed by atoms with Crippen LogP contribution in [0, 0.1) is 0 Å². The molecule has 3 aromatic rings. The van der Waals surface area contributed by atoms with Crippen molar-refractivity contribution in [2.45, 2.75) is 0 Å². The van der Waals surface area contributed by atoms with Crippen LogP contribution in [-0.4, -0.2) is 18.3 Å². The van der Waals surface area contributed by atoms with Crippen molar-refractivity contribution in [3.63, 3.8) is 0 Å². The lowest BCUT2D eigenvalue weighted by molar-refractivity contribution is 0.416. The van der Waals surface area contributed by atoms with Gasteiger partial charge in [-0.3, -0.25) is 4.99 Å².